The number of hydrogen-bond donors (Lipinski definition) is 3. The molecule has 0 saturated carbocycles. The van der Waals surface area contributed by atoms with Gasteiger partial charge in [0.1, 0.15) is 12.1 Å². The molecule has 0 spiro atoms. The van der Waals surface area contributed by atoms with Crippen molar-refractivity contribution in [1.29, 1.82) is 0 Å². The van der Waals surface area contributed by atoms with E-state index in [2.05, 4.69) is 46.1 Å². The maximum Gasteiger partial charge on any atom is 0.258 e. The van der Waals surface area contributed by atoms with E-state index >= 15 is 0 Å². The number of rotatable bonds is 5. The Labute approximate surface area is 181 Å². The highest BCUT2D eigenvalue weighted by atomic mass is 16.1. The van der Waals surface area contributed by atoms with Crippen molar-refractivity contribution in [3.63, 3.8) is 0 Å². The summed E-state index contributed by atoms with van der Waals surface area (Å²) in [6, 6.07) is 3.52. The fourth-order valence-electron chi connectivity index (χ4n) is 2.79. The topological polar surface area (TPSA) is 141 Å². The first-order valence-corrected chi connectivity index (χ1v) is 9.65. The van der Waals surface area contributed by atoms with E-state index in [9.17, 15) is 4.79 Å². The molecule has 3 aromatic rings. The number of nitrogens with two attached hydrogens (primary N) is 2. The van der Waals surface area contributed by atoms with Crippen molar-refractivity contribution in [1.82, 2.24) is 24.7 Å². The predicted octanol–water partition coefficient (Wildman–Crippen LogP) is 2.10. The largest absolute Gasteiger partial charge is 0.397 e. The van der Waals surface area contributed by atoms with Crippen molar-refractivity contribution in [2.45, 2.75) is 33.1 Å². The summed E-state index contributed by atoms with van der Waals surface area (Å²) >= 11 is 0. The lowest BCUT2D eigenvalue weighted by Gasteiger charge is -2.18. The number of aryl methyl sites for hydroxylation is 2. The van der Waals surface area contributed by atoms with Crippen LogP contribution in [0.25, 0.3) is 5.70 Å². The summed E-state index contributed by atoms with van der Waals surface area (Å²) in [5.74, 6) is 6.45. The number of amides is 1. The van der Waals surface area contributed by atoms with Gasteiger partial charge in [0.15, 0.2) is 0 Å². The van der Waals surface area contributed by atoms with E-state index in [1.165, 1.54) is 23.7 Å². The minimum absolute atomic E-state index is 0.130. The van der Waals surface area contributed by atoms with Crippen molar-refractivity contribution in [3.05, 3.63) is 65.8 Å². The molecule has 3 heterocycles. The number of nitrogens with one attached hydrogen (secondary N) is 1. The van der Waals surface area contributed by atoms with Crippen LogP contribution in [0.2, 0.25) is 0 Å². The first-order valence-electron chi connectivity index (χ1n) is 9.65. The highest BCUT2D eigenvalue weighted by Gasteiger charge is 2.20. The summed E-state index contributed by atoms with van der Waals surface area (Å²) in [7, 11) is 1.78. The number of pyridine rings is 1. The molecule has 0 radical (unpaired) electrons. The molecular formula is C21H27N9O. The van der Waals surface area contributed by atoms with E-state index in [4.69, 9.17) is 11.6 Å². The van der Waals surface area contributed by atoms with Crippen molar-refractivity contribution in [2.75, 3.05) is 10.3 Å². The van der Waals surface area contributed by atoms with Crippen LogP contribution in [0.15, 0.2) is 43.3 Å². The molecule has 10 heteroatoms. The molecule has 1 amide bonds. The summed E-state index contributed by atoms with van der Waals surface area (Å²) in [4.78, 5) is 25.0. The number of carbonyl (C=O) groups excluding carboxylic acids is 1. The van der Waals surface area contributed by atoms with Gasteiger partial charge in [-0.3, -0.25) is 19.5 Å². The fourth-order valence-corrected chi connectivity index (χ4v) is 2.79. The van der Waals surface area contributed by atoms with Crippen LogP contribution >= 0.6 is 0 Å². The molecule has 0 bridgehead atoms. The number of hydrazine groups is 1. The van der Waals surface area contributed by atoms with Crippen LogP contribution in [0.4, 0.5) is 11.5 Å². The molecule has 0 atom stereocenters. The van der Waals surface area contributed by atoms with Crippen molar-refractivity contribution in [3.8, 4) is 0 Å². The fraction of sp³-hybridized carbons (Fsp3) is 0.286. The number of carbonyl (C=O) groups is 1. The van der Waals surface area contributed by atoms with Crippen LogP contribution in [0.1, 0.15) is 48.1 Å². The van der Waals surface area contributed by atoms with Gasteiger partial charge in [0.05, 0.1) is 28.3 Å². The normalized spacial score (nSPS) is 12.0. The summed E-state index contributed by atoms with van der Waals surface area (Å²) in [6.07, 6.45) is 7.62. The average Bonchev–Trinajstić information content (AvgIpc) is 3.09. The molecule has 0 fully saturated rings. The summed E-state index contributed by atoms with van der Waals surface area (Å²) in [5.41, 5.74) is 9.37. The molecule has 0 unspecified atom stereocenters. The Kier molecular flexibility index (Phi) is 6.02. The van der Waals surface area contributed by atoms with Crippen molar-refractivity contribution >= 4 is 23.1 Å². The SMILES string of the molecule is Cc1ncc(C(=O)Nc2cc(C(C)(C)C)nn2C)cc1N(N)/C=C(\N)c1cncnc1. The van der Waals surface area contributed by atoms with Gasteiger partial charge in [0.2, 0.25) is 0 Å². The van der Waals surface area contributed by atoms with Gasteiger partial charge >= 0.3 is 0 Å². The van der Waals surface area contributed by atoms with Crippen molar-refractivity contribution in [2.24, 2.45) is 18.6 Å². The first kappa shape index (κ1) is 21.9. The molecule has 162 valence electrons. The Morgan fingerprint density at radius 1 is 1.16 bits per heavy atom. The standard InChI is InChI=1S/C21H27N9O/c1-13-17(30(23)11-16(22)15-8-24-12-25-9-15)6-14(10-26-13)20(31)27-19-7-18(21(2,3)4)28-29(19)5/h6-12H,22-23H2,1-5H3,(H,27,31)/b16-11-. The molecule has 0 aliphatic rings. The summed E-state index contributed by atoms with van der Waals surface area (Å²) in [6.45, 7) is 7.98. The van der Waals surface area contributed by atoms with Gasteiger partial charge in [-0.05, 0) is 13.0 Å². The lowest BCUT2D eigenvalue weighted by Crippen LogP contribution is -2.27. The van der Waals surface area contributed by atoms with Gasteiger partial charge in [-0.2, -0.15) is 5.10 Å². The average molecular weight is 422 g/mol. The lowest BCUT2D eigenvalue weighted by molar-refractivity contribution is 0.102. The molecular weight excluding hydrogens is 394 g/mol. The van der Waals surface area contributed by atoms with Crippen LogP contribution in [0, 0.1) is 6.92 Å². The summed E-state index contributed by atoms with van der Waals surface area (Å²) in [5, 5.41) is 8.68. The van der Waals surface area contributed by atoms with Gasteiger partial charge in [0.25, 0.3) is 5.91 Å². The molecule has 0 saturated heterocycles. The van der Waals surface area contributed by atoms with E-state index in [0.29, 0.717) is 34.0 Å². The number of nitrogens with zero attached hydrogens (tertiary/aromatic N) is 6. The monoisotopic (exact) mass is 421 g/mol. The number of hydrogen-bond acceptors (Lipinski definition) is 8. The minimum atomic E-state index is -0.320. The molecule has 0 aliphatic carbocycles. The van der Waals surface area contributed by atoms with Crippen LogP contribution < -0.4 is 21.9 Å². The van der Waals surface area contributed by atoms with E-state index in [1.807, 2.05) is 6.07 Å². The highest BCUT2D eigenvalue weighted by Crippen LogP contribution is 2.24. The van der Waals surface area contributed by atoms with Crippen molar-refractivity contribution < 1.29 is 4.79 Å². The third-order valence-corrected chi connectivity index (χ3v) is 4.66. The van der Waals surface area contributed by atoms with Crippen LogP contribution in [0.3, 0.4) is 0 Å². The summed E-state index contributed by atoms with van der Waals surface area (Å²) < 4.78 is 1.64. The second-order valence-electron chi connectivity index (χ2n) is 8.19. The van der Waals surface area contributed by atoms with Gasteiger partial charge in [0, 0.05) is 48.9 Å². The molecule has 3 aromatic heterocycles. The maximum atomic E-state index is 12.8. The van der Waals surface area contributed by atoms with Gasteiger partial charge in [-0.1, -0.05) is 20.8 Å². The van der Waals surface area contributed by atoms with E-state index in [-0.39, 0.29) is 11.3 Å². The molecule has 0 aliphatic heterocycles. The zero-order chi connectivity index (χ0) is 22.8. The third kappa shape index (κ3) is 5.04. The molecule has 10 nitrogen and oxygen atoms in total. The van der Waals surface area contributed by atoms with Crippen LogP contribution in [-0.2, 0) is 12.5 Å². The molecule has 5 N–H and O–H groups in total. The van der Waals surface area contributed by atoms with E-state index in [0.717, 1.165) is 5.69 Å². The smallest absolute Gasteiger partial charge is 0.258 e. The van der Waals surface area contributed by atoms with Crippen LogP contribution in [-0.4, -0.2) is 30.6 Å². The Hall–Kier alpha value is -3.79. The Bertz CT molecular complexity index is 1110. The molecule has 3 rings (SSSR count). The van der Waals surface area contributed by atoms with E-state index in [1.54, 1.807) is 37.1 Å². The Morgan fingerprint density at radius 3 is 2.45 bits per heavy atom. The van der Waals surface area contributed by atoms with Crippen LogP contribution in [0.5, 0.6) is 0 Å². The Morgan fingerprint density at radius 2 is 1.84 bits per heavy atom. The zero-order valence-electron chi connectivity index (χ0n) is 18.3. The van der Waals surface area contributed by atoms with Gasteiger partial charge in [-0.15, -0.1) is 0 Å². The number of anilines is 2. The quantitative estimate of drug-likeness (QED) is 0.420. The minimum Gasteiger partial charge on any atom is -0.397 e. The van der Waals surface area contributed by atoms with Gasteiger partial charge < -0.3 is 11.1 Å². The zero-order valence-corrected chi connectivity index (χ0v) is 18.3. The highest BCUT2D eigenvalue weighted by molar-refractivity contribution is 6.04. The molecule has 31 heavy (non-hydrogen) atoms. The maximum absolute atomic E-state index is 12.8. The molecule has 0 aromatic carbocycles. The number of aromatic nitrogens is 5. The van der Waals surface area contributed by atoms with Gasteiger partial charge in [-0.25, -0.2) is 15.8 Å². The van der Waals surface area contributed by atoms with E-state index < -0.39 is 0 Å². The second-order valence-corrected chi connectivity index (χ2v) is 8.19. The second kappa shape index (κ2) is 8.52. The Balaban J connectivity index is 1.84. The predicted molar refractivity (Wildman–Crippen MR) is 120 cm³/mol. The first-order chi connectivity index (χ1) is 14.6. The lowest BCUT2D eigenvalue weighted by atomic mass is 9.92. The third-order valence-electron chi connectivity index (χ3n) is 4.66.